The molecule has 0 aromatic heterocycles. The van der Waals surface area contributed by atoms with E-state index in [0.29, 0.717) is 32.4 Å². The van der Waals surface area contributed by atoms with Crippen LogP contribution < -0.4 is 22.1 Å². The molecule has 0 fully saturated rings. The van der Waals surface area contributed by atoms with E-state index >= 15 is 0 Å². The lowest BCUT2D eigenvalue weighted by atomic mass is 9.98. The topological polar surface area (TPSA) is 110 Å². The fraction of sp³-hybridized carbons (Fsp3) is 0.280. The van der Waals surface area contributed by atoms with Crippen molar-refractivity contribution in [1.82, 2.24) is 10.6 Å². The van der Waals surface area contributed by atoms with Crippen molar-refractivity contribution in [2.75, 3.05) is 6.54 Å². The van der Waals surface area contributed by atoms with Gasteiger partial charge in [-0.3, -0.25) is 9.59 Å². The molecule has 6 N–H and O–H groups in total. The predicted molar refractivity (Wildman–Crippen MR) is 124 cm³/mol. The van der Waals surface area contributed by atoms with Crippen molar-refractivity contribution in [2.45, 2.75) is 37.9 Å². The quantitative estimate of drug-likeness (QED) is 0.405. The Kier molecular flexibility index (Phi) is 8.15. The molecule has 162 valence electrons. The molecule has 0 unspecified atom stereocenters. The molecular formula is C25H30N4O2. The number of benzene rings is 3. The SMILES string of the molecule is NCCC[C@@H](N)C(=O)N[C@@H](Cc1cccc2ccccc12)C(=O)NCc1ccccc1. The van der Waals surface area contributed by atoms with Gasteiger partial charge in [-0.15, -0.1) is 0 Å². The summed E-state index contributed by atoms with van der Waals surface area (Å²) in [7, 11) is 0. The number of carbonyl (C=O) groups is 2. The minimum absolute atomic E-state index is 0.240. The molecule has 0 aliphatic rings. The largest absolute Gasteiger partial charge is 0.350 e. The Hall–Kier alpha value is -3.22. The Morgan fingerprint density at radius 1 is 0.871 bits per heavy atom. The van der Waals surface area contributed by atoms with Crippen LogP contribution in [0.4, 0.5) is 0 Å². The van der Waals surface area contributed by atoms with Crippen molar-refractivity contribution in [3.63, 3.8) is 0 Å². The highest BCUT2D eigenvalue weighted by molar-refractivity contribution is 5.91. The third-order valence-electron chi connectivity index (χ3n) is 5.30. The number of hydrogen-bond acceptors (Lipinski definition) is 4. The van der Waals surface area contributed by atoms with Crippen LogP contribution in [0.15, 0.2) is 72.8 Å². The van der Waals surface area contributed by atoms with Crippen LogP contribution in [0.3, 0.4) is 0 Å². The zero-order valence-corrected chi connectivity index (χ0v) is 17.6. The summed E-state index contributed by atoms with van der Waals surface area (Å²) in [6.45, 7) is 0.860. The van der Waals surface area contributed by atoms with E-state index in [2.05, 4.69) is 10.6 Å². The van der Waals surface area contributed by atoms with Crippen molar-refractivity contribution < 1.29 is 9.59 Å². The number of amides is 2. The molecule has 3 aromatic carbocycles. The third kappa shape index (κ3) is 6.38. The Labute approximate surface area is 183 Å². The molecule has 0 saturated heterocycles. The van der Waals surface area contributed by atoms with Crippen LogP contribution in [0.2, 0.25) is 0 Å². The van der Waals surface area contributed by atoms with Crippen LogP contribution in [0, 0.1) is 0 Å². The molecule has 6 heteroatoms. The first-order valence-corrected chi connectivity index (χ1v) is 10.6. The summed E-state index contributed by atoms with van der Waals surface area (Å²) in [5.74, 6) is -0.579. The van der Waals surface area contributed by atoms with Crippen LogP contribution >= 0.6 is 0 Å². The maximum absolute atomic E-state index is 13.0. The number of rotatable bonds is 10. The summed E-state index contributed by atoms with van der Waals surface area (Å²) in [4.78, 5) is 25.7. The smallest absolute Gasteiger partial charge is 0.243 e. The molecule has 31 heavy (non-hydrogen) atoms. The Balaban J connectivity index is 1.77. The van der Waals surface area contributed by atoms with Gasteiger partial charge >= 0.3 is 0 Å². The van der Waals surface area contributed by atoms with E-state index < -0.39 is 12.1 Å². The minimum atomic E-state index is -0.731. The van der Waals surface area contributed by atoms with Crippen LogP contribution in [0.5, 0.6) is 0 Å². The number of carbonyl (C=O) groups excluding carboxylic acids is 2. The van der Waals surface area contributed by atoms with Crippen LogP contribution in [0.1, 0.15) is 24.0 Å². The van der Waals surface area contributed by atoms with Gasteiger partial charge in [0.25, 0.3) is 0 Å². The number of hydrogen-bond donors (Lipinski definition) is 4. The van der Waals surface area contributed by atoms with Gasteiger partial charge in [0.15, 0.2) is 0 Å². The predicted octanol–water partition coefficient (Wildman–Crippen LogP) is 2.25. The first-order chi connectivity index (χ1) is 15.1. The monoisotopic (exact) mass is 418 g/mol. The summed E-state index contributed by atoms with van der Waals surface area (Å²) < 4.78 is 0. The molecule has 2 amide bonds. The molecule has 3 rings (SSSR count). The lowest BCUT2D eigenvalue weighted by molar-refractivity contribution is -0.129. The highest BCUT2D eigenvalue weighted by Crippen LogP contribution is 2.20. The zero-order chi connectivity index (χ0) is 22.1. The molecule has 0 bridgehead atoms. The lowest BCUT2D eigenvalue weighted by Gasteiger charge is -2.21. The van der Waals surface area contributed by atoms with E-state index in [-0.39, 0.29) is 11.8 Å². The molecular weight excluding hydrogens is 388 g/mol. The molecule has 0 aliphatic carbocycles. The zero-order valence-electron chi connectivity index (χ0n) is 17.6. The first-order valence-electron chi connectivity index (χ1n) is 10.6. The van der Waals surface area contributed by atoms with E-state index in [1.807, 2.05) is 72.8 Å². The van der Waals surface area contributed by atoms with Crippen LogP contribution in [-0.4, -0.2) is 30.4 Å². The van der Waals surface area contributed by atoms with Crippen molar-refractivity contribution in [3.8, 4) is 0 Å². The molecule has 0 aliphatic heterocycles. The van der Waals surface area contributed by atoms with E-state index in [0.717, 1.165) is 21.9 Å². The van der Waals surface area contributed by atoms with Crippen molar-refractivity contribution in [3.05, 3.63) is 83.9 Å². The maximum Gasteiger partial charge on any atom is 0.243 e. The van der Waals surface area contributed by atoms with Crippen molar-refractivity contribution in [1.29, 1.82) is 0 Å². The number of nitrogens with one attached hydrogen (secondary N) is 2. The minimum Gasteiger partial charge on any atom is -0.350 e. The van der Waals surface area contributed by atoms with Crippen LogP contribution in [-0.2, 0) is 22.6 Å². The molecule has 0 radical (unpaired) electrons. The summed E-state index contributed by atoms with van der Waals surface area (Å²) in [6, 6.07) is 22.2. The highest BCUT2D eigenvalue weighted by Gasteiger charge is 2.24. The molecule has 2 atom stereocenters. The van der Waals surface area contributed by atoms with E-state index in [9.17, 15) is 9.59 Å². The summed E-state index contributed by atoms with van der Waals surface area (Å²) in [6.07, 6.45) is 1.51. The van der Waals surface area contributed by atoms with E-state index in [1.54, 1.807) is 0 Å². The average Bonchev–Trinajstić information content (AvgIpc) is 2.81. The summed E-state index contributed by atoms with van der Waals surface area (Å²) in [5, 5.41) is 7.95. The second-order valence-electron chi connectivity index (χ2n) is 7.64. The van der Waals surface area contributed by atoms with Gasteiger partial charge in [0.05, 0.1) is 6.04 Å². The molecule has 0 spiro atoms. The summed E-state index contributed by atoms with van der Waals surface area (Å²) >= 11 is 0. The Bertz CT molecular complexity index is 1000. The Morgan fingerprint density at radius 3 is 2.35 bits per heavy atom. The van der Waals surface area contributed by atoms with E-state index in [4.69, 9.17) is 11.5 Å². The highest BCUT2D eigenvalue weighted by atomic mass is 16.2. The third-order valence-corrected chi connectivity index (χ3v) is 5.30. The van der Waals surface area contributed by atoms with Crippen LogP contribution in [0.25, 0.3) is 10.8 Å². The summed E-state index contributed by atoms with van der Waals surface area (Å²) in [5.41, 5.74) is 13.5. The molecule has 0 heterocycles. The molecule has 3 aromatic rings. The average molecular weight is 419 g/mol. The van der Waals surface area contributed by atoms with Crippen molar-refractivity contribution >= 4 is 22.6 Å². The number of fused-ring (bicyclic) bond motifs is 1. The van der Waals surface area contributed by atoms with Gasteiger partial charge in [-0.2, -0.15) is 0 Å². The van der Waals surface area contributed by atoms with Gasteiger partial charge in [-0.05, 0) is 41.3 Å². The standard InChI is InChI=1S/C25H30N4O2/c26-15-7-14-22(27)24(30)29-23(25(31)28-17-18-8-2-1-3-9-18)16-20-12-6-11-19-10-4-5-13-21(19)20/h1-6,8-13,22-23H,7,14-17,26-27H2,(H,28,31)(H,29,30)/t22-,23+/m1/s1. The van der Waals surface area contributed by atoms with E-state index in [1.165, 1.54) is 0 Å². The van der Waals surface area contributed by atoms with Gasteiger partial charge in [0.1, 0.15) is 6.04 Å². The number of nitrogens with two attached hydrogens (primary N) is 2. The lowest BCUT2D eigenvalue weighted by Crippen LogP contribution is -2.52. The van der Waals surface area contributed by atoms with Crippen molar-refractivity contribution in [2.24, 2.45) is 11.5 Å². The second kappa shape index (κ2) is 11.2. The van der Waals surface area contributed by atoms with Gasteiger partial charge in [-0.1, -0.05) is 72.8 Å². The first kappa shape index (κ1) is 22.5. The van der Waals surface area contributed by atoms with Gasteiger partial charge in [-0.25, -0.2) is 0 Å². The fourth-order valence-electron chi connectivity index (χ4n) is 3.56. The second-order valence-corrected chi connectivity index (χ2v) is 7.64. The van der Waals surface area contributed by atoms with Gasteiger partial charge < -0.3 is 22.1 Å². The normalized spacial score (nSPS) is 12.8. The van der Waals surface area contributed by atoms with Gasteiger partial charge in [0, 0.05) is 13.0 Å². The van der Waals surface area contributed by atoms with Gasteiger partial charge in [0.2, 0.25) is 11.8 Å². The Morgan fingerprint density at radius 2 is 1.58 bits per heavy atom. The molecule has 0 saturated carbocycles. The maximum atomic E-state index is 13.0. The molecule has 6 nitrogen and oxygen atoms in total. The fourth-order valence-corrected chi connectivity index (χ4v) is 3.56.